The Balaban J connectivity index is 1.66. The van der Waals surface area contributed by atoms with Crippen LogP contribution in [-0.4, -0.2) is 62.0 Å². The molecule has 8 nitrogen and oxygen atoms in total. The number of hydrazine groups is 1. The highest BCUT2D eigenvalue weighted by Crippen LogP contribution is 2.21. The summed E-state index contributed by atoms with van der Waals surface area (Å²) in [4.78, 5) is 37.6. The van der Waals surface area contributed by atoms with Crippen molar-refractivity contribution in [3.05, 3.63) is 65.7 Å². The van der Waals surface area contributed by atoms with E-state index in [1.165, 1.54) is 22.2 Å². The zero-order valence-corrected chi connectivity index (χ0v) is 17.4. The van der Waals surface area contributed by atoms with Gasteiger partial charge in [-0.3, -0.25) is 14.4 Å². The normalized spacial score (nSPS) is 13.9. The lowest BCUT2D eigenvalue weighted by molar-refractivity contribution is -0.140. The smallest absolute Gasteiger partial charge is 0.273 e. The summed E-state index contributed by atoms with van der Waals surface area (Å²) in [6.45, 7) is 0.365. The Labute approximate surface area is 175 Å². The van der Waals surface area contributed by atoms with Crippen LogP contribution in [0.1, 0.15) is 22.3 Å². The van der Waals surface area contributed by atoms with E-state index in [0.717, 1.165) is 11.8 Å². The number of sulfone groups is 1. The molecule has 1 aliphatic heterocycles. The highest BCUT2D eigenvalue weighted by atomic mass is 32.2. The summed E-state index contributed by atoms with van der Waals surface area (Å²) in [5, 5.41) is 5.09. The van der Waals surface area contributed by atoms with Gasteiger partial charge in [-0.1, -0.05) is 42.5 Å². The standard InChI is InChI=1S/C21H23N3O5S/c1-30(28,29)18-11-6-5-10-17(18)21(27)24-13-7-12-23(24)20(26)15-22-19(25)14-16-8-3-2-4-9-16/h2-6,8-11H,7,12-15H2,1H3,(H,22,25). The second-order valence-corrected chi connectivity index (χ2v) is 8.99. The molecule has 0 aliphatic carbocycles. The molecule has 2 aromatic rings. The fraction of sp³-hybridized carbons (Fsp3) is 0.286. The van der Waals surface area contributed by atoms with Crippen molar-refractivity contribution in [1.82, 2.24) is 15.3 Å². The predicted molar refractivity (Wildman–Crippen MR) is 110 cm³/mol. The van der Waals surface area contributed by atoms with Crippen LogP contribution in [0.15, 0.2) is 59.5 Å². The van der Waals surface area contributed by atoms with Crippen LogP contribution in [-0.2, 0) is 25.8 Å². The van der Waals surface area contributed by atoms with E-state index in [1.807, 2.05) is 30.3 Å². The number of amides is 3. The summed E-state index contributed by atoms with van der Waals surface area (Å²) in [6.07, 6.45) is 1.75. The van der Waals surface area contributed by atoms with Crippen LogP contribution in [0.5, 0.6) is 0 Å². The highest BCUT2D eigenvalue weighted by Gasteiger charge is 2.33. The van der Waals surface area contributed by atoms with E-state index in [4.69, 9.17) is 0 Å². The predicted octanol–water partition coefficient (Wildman–Crippen LogP) is 1.04. The Kier molecular flexibility index (Phi) is 6.51. The number of nitrogens with zero attached hydrogens (tertiary/aromatic N) is 2. The Morgan fingerprint density at radius 1 is 0.933 bits per heavy atom. The number of hydrogen-bond donors (Lipinski definition) is 1. The molecule has 0 atom stereocenters. The summed E-state index contributed by atoms with van der Waals surface area (Å²) in [6, 6.07) is 15.1. The summed E-state index contributed by atoms with van der Waals surface area (Å²) < 4.78 is 24.0. The van der Waals surface area contributed by atoms with Crippen molar-refractivity contribution in [3.63, 3.8) is 0 Å². The topological polar surface area (TPSA) is 104 Å². The van der Waals surface area contributed by atoms with Crippen LogP contribution in [0.2, 0.25) is 0 Å². The van der Waals surface area contributed by atoms with Gasteiger partial charge in [0.2, 0.25) is 5.91 Å². The van der Waals surface area contributed by atoms with Crippen LogP contribution in [0.4, 0.5) is 0 Å². The number of nitrogens with one attached hydrogen (secondary N) is 1. The van der Waals surface area contributed by atoms with E-state index in [1.54, 1.807) is 12.1 Å². The fourth-order valence-corrected chi connectivity index (χ4v) is 4.18. The van der Waals surface area contributed by atoms with E-state index in [9.17, 15) is 22.8 Å². The minimum Gasteiger partial charge on any atom is -0.347 e. The van der Waals surface area contributed by atoms with Crippen LogP contribution in [0.25, 0.3) is 0 Å². The van der Waals surface area contributed by atoms with Crippen LogP contribution in [0, 0.1) is 0 Å². The largest absolute Gasteiger partial charge is 0.347 e. The first-order valence-corrected chi connectivity index (χ1v) is 11.4. The number of rotatable bonds is 6. The average molecular weight is 429 g/mol. The monoisotopic (exact) mass is 429 g/mol. The highest BCUT2D eigenvalue weighted by molar-refractivity contribution is 7.90. The molecule has 0 aromatic heterocycles. The molecular weight excluding hydrogens is 406 g/mol. The quantitative estimate of drug-likeness (QED) is 0.739. The summed E-state index contributed by atoms with van der Waals surface area (Å²) in [5.74, 6) is -1.29. The summed E-state index contributed by atoms with van der Waals surface area (Å²) >= 11 is 0. The van der Waals surface area contributed by atoms with Crippen molar-refractivity contribution < 1.29 is 22.8 Å². The molecule has 3 rings (SSSR count). The molecule has 30 heavy (non-hydrogen) atoms. The fourth-order valence-electron chi connectivity index (χ4n) is 3.30. The first-order chi connectivity index (χ1) is 14.3. The van der Waals surface area contributed by atoms with Crippen molar-refractivity contribution in [2.24, 2.45) is 0 Å². The van der Waals surface area contributed by atoms with Gasteiger partial charge in [0.05, 0.1) is 23.4 Å². The molecule has 2 aromatic carbocycles. The van der Waals surface area contributed by atoms with Crippen LogP contribution < -0.4 is 5.32 Å². The van der Waals surface area contributed by atoms with E-state index in [0.29, 0.717) is 19.5 Å². The maximum absolute atomic E-state index is 13.0. The summed E-state index contributed by atoms with van der Waals surface area (Å²) in [5.41, 5.74) is 0.852. The zero-order chi connectivity index (χ0) is 21.7. The molecule has 1 fully saturated rings. The lowest BCUT2D eigenvalue weighted by Crippen LogP contribution is -2.49. The second kappa shape index (κ2) is 9.08. The van der Waals surface area contributed by atoms with Gasteiger partial charge in [0, 0.05) is 19.3 Å². The van der Waals surface area contributed by atoms with Crippen molar-refractivity contribution in [3.8, 4) is 0 Å². The molecule has 1 heterocycles. The molecule has 0 radical (unpaired) electrons. The Bertz CT molecular complexity index is 1050. The maximum Gasteiger partial charge on any atom is 0.273 e. The third-order valence-corrected chi connectivity index (χ3v) is 5.87. The lowest BCUT2D eigenvalue weighted by atomic mass is 10.1. The molecule has 9 heteroatoms. The van der Waals surface area contributed by atoms with Crippen molar-refractivity contribution in [1.29, 1.82) is 0 Å². The van der Waals surface area contributed by atoms with Gasteiger partial charge >= 0.3 is 0 Å². The van der Waals surface area contributed by atoms with Gasteiger partial charge in [-0.2, -0.15) is 0 Å². The SMILES string of the molecule is CS(=O)(=O)c1ccccc1C(=O)N1CCCN1C(=O)CNC(=O)Cc1ccccc1. The number of carbonyl (C=O) groups excluding carboxylic acids is 3. The minimum atomic E-state index is -3.60. The molecule has 0 unspecified atom stereocenters. The maximum atomic E-state index is 13.0. The van der Waals surface area contributed by atoms with Gasteiger partial charge in [0.25, 0.3) is 11.8 Å². The number of benzene rings is 2. The second-order valence-electron chi connectivity index (χ2n) is 7.01. The third kappa shape index (κ3) is 5.04. The van der Waals surface area contributed by atoms with Gasteiger partial charge in [0.1, 0.15) is 0 Å². The Hall–Kier alpha value is -3.20. The lowest BCUT2D eigenvalue weighted by Gasteiger charge is -2.28. The first-order valence-electron chi connectivity index (χ1n) is 9.49. The number of hydrogen-bond acceptors (Lipinski definition) is 5. The van der Waals surface area contributed by atoms with Gasteiger partial charge in [-0.15, -0.1) is 0 Å². The Morgan fingerprint density at radius 3 is 2.27 bits per heavy atom. The van der Waals surface area contributed by atoms with Gasteiger partial charge < -0.3 is 5.32 Å². The molecule has 0 spiro atoms. The number of carbonyl (C=O) groups is 3. The molecule has 158 valence electrons. The molecule has 1 N–H and O–H groups in total. The minimum absolute atomic E-state index is 0.0211. The molecule has 0 saturated carbocycles. The van der Waals surface area contributed by atoms with Crippen molar-refractivity contribution >= 4 is 27.6 Å². The average Bonchev–Trinajstić information content (AvgIpc) is 3.21. The molecule has 3 amide bonds. The summed E-state index contributed by atoms with van der Waals surface area (Å²) in [7, 11) is -3.60. The van der Waals surface area contributed by atoms with Crippen molar-refractivity contribution in [2.45, 2.75) is 17.7 Å². The molecule has 1 saturated heterocycles. The van der Waals surface area contributed by atoms with E-state index in [2.05, 4.69) is 5.32 Å². The van der Waals surface area contributed by atoms with Crippen LogP contribution >= 0.6 is 0 Å². The first kappa shape index (κ1) is 21.5. The third-order valence-electron chi connectivity index (χ3n) is 4.71. The van der Waals surface area contributed by atoms with Gasteiger partial charge in [-0.25, -0.2) is 18.4 Å². The zero-order valence-electron chi connectivity index (χ0n) is 16.6. The van der Waals surface area contributed by atoms with E-state index >= 15 is 0 Å². The molecular formula is C21H23N3O5S. The molecule has 1 aliphatic rings. The van der Waals surface area contributed by atoms with Gasteiger partial charge in [-0.05, 0) is 24.1 Å². The van der Waals surface area contributed by atoms with Crippen LogP contribution in [0.3, 0.4) is 0 Å². The Morgan fingerprint density at radius 2 is 1.57 bits per heavy atom. The molecule has 0 bridgehead atoms. The van der Waals surface area contributed by atoms with E-state index < -0.39 is 21.7 Å². The van der Waals surface area contributed by atoms with Crippen molar-refractivity contribution in [2.75, 3.05) is 25.9 Å². The van der Waals surface area contributed by atoms with Gasteiger partial charge in [0.15, 0.2) is 9.84 Å². The van der Waals surface area contributed by atoms with E-state index in [-0.39, 0.29) is 29.3 Å².